The van der Waals surface area contributed by atoms with Gasteiger partial charge in [-0.2, -0.15) is 5.10 Å². The Bertz CT molecular complexity index is 690. The lowest BCUT2D eigenvalue weighted by molar-refractivity contribution is -0.132. The number of rotatable bonds is 5. The molecule has 3 N–H and O–H groups in total. The first-order valence-corrected chi connectivity index (χ1v) is 8.38. The zero-order valence-electron chi connectivity index (χ0n) is 14.0. The van der Waals surface area contributed by atoms with Gasteiger partial charge < -0.3 is 15.4 Å². The maximum Gasteiger partial charge on any atom is 0.223 e. The summed E-state index contributed by atoms with van der Waals surface area (Å²) < 4.78 is 5.32. The van der Waals surface area contributed by atoms with Gasteiger partial charge in [-0.1, -0.05) is 12.1 Å². The number of hydrogen-bond acceptors (Lipinski definition) is 4. The first-order valence-electron chi connectivity index (χ1n) is 8.38. The Kier molecular flexibility index (Phi) is 5.15. The SMILES string of the molecule is COc1cccc(-c2cn[nH]c2C2CCN(C(=O)CCN)CC2)c1. The molecule has 24 heavy (non-hydrogen) atoms. The van der Waals surface area contributed by atoms with Gasteiger partial charge in [-0.25, -0.2) is 0 Å². The van der Waals surface area contributed by atoms with Gasteiger partial charge in [0.05, 0.1) is 13.3 Å². The molecule has 6 nitrogen and oxygen atoms in total. The van der Waals surface area contributed by atoms with Crippen LogP contribution in [-0.4, -0.2) is 47.7 Å². The van der Waals surface area contributed by atoms with Gasteiger partial charge in [0.2, 0.25) is 5.91 Å². The molecule has 0 aliphatic carbocycles. The molecule has 1 aromatic heterocycles. The van der Waals surface area contributed by atoms with E-state index in [1.54, 1.807) is 7.11 Å². The number of aromatic nitrogens is 2. The molecule has 1 aliphatic heterocycles. The van der Waals surface area contributed by atoms with Gasteiger partial charge in [0.25, 0.3) is 0 Å². The number of ether oxygens (including phenoxy) is 1. The van der Waals surface area contributed by atoms with Crippen molar-refractivity contribution in [2.24, 2.45) is 5.73 Å². The zero-order chi connectivity index (χ0) is 16.9. The Morgan fingerprint density at radius 1 is 1.42 bits per heavy atom. The van der Waals surface area contributed by atoms with Crippen molar-refractivity contribution in [3.05, 3.63) is 36.2 Å². The Hall–Kier alpha value is -2.34. The first-order chi connectivity index (χ1) is 11.7. The lowest BCUT2D eigenvalue weighted by Crippen LogP contribution is -2.38. The predicted octanol–water partition coefficient (Wildman–Crippen LogP) is 2.14. The minimum Gasteiger partial charge on any atom is -0.497 e. The molecule has 0 atom stereocenters. The fourth-order valence-electron chi connectivity index (χ4n) is 3.33. The number of nitrogens with zero attached hydrogens (tertiary/aromatic N) is 2. The normalized spacial score (nSPS) is 15.5. The van der Waals surface area contributed by atoms with Gasteiger partial charge in [-0.3, -0.25) is 9.89 Å². The Morgan fingerprint density at radius 2 is 2.21 bits per heavy atom. The van der Waals surface area contributed by atoms with Crippen molar-refractivity contribution in [2.75, 3.05) is 26.7 Å². The molecule has 0 unspecified atom stereocenters. The van der Waals surface area contributed by atoms with Crippen LogP contribution in [0.15, 0.2) is 30.5 Å². The number of likely N-dealkylation sites (tertiary alicyclic amines) is 1. The van der Waals surface area contributed by atoms with Crippen LogP contribution in [0.3, 0.4) is 0 Å². The van der Waals surface area contributed by atoms with Crippen molar-refractivity contribution in [1.29, 1.82) is 0 Å². The standard InChI is InChI=1S/C18H24N4O2/c1-24-15-4-2-3-14(11-15)16-12-20-21-18(16)13-6-9-22(10-7-13)17(23)5-8-19/h2-4,11-13H,5-10,19H2,1H3,(H,20,21). The monoisotopic (exact) mass is 328 g/mol. The molecule has 0 radical (unpaired) electrons. The summed E-state index contributed by atoms with van der Waals surface area (Å²) in [6.07, 6.45) is 4.19. The molecule has 128 valence electrons. The molecule has 3 rings (SSSR count). The molecular weight excluding hydrogens is 304 g/mol. The summed E-state index contributed by atoms with van der Waals surface area (Å²) in [5.41, 5.74) is 8.83. The van der Waals surface area contributed by atoms with Gasteiger partial charge in [-0.05, 0) is 30.5 Å². The van der Waals surface area contributed by atoms with Crippen LogP contribution >= 0.6 is 0 Å². The molecule has 1 saturated heterocycles. The minimum atomic E-state index is 0.161. The third-order valence-corrected chi connectivity index (χ3v) is 4.66. The van der Waals surface area contributed by atoms with E-state index in [1.807, 2.05) is 29.3 Å². The van der Waals surface area contributed by atoms with Crippen molar-refractivity contribution in [3.63, 3.8) is 0 Å². The summed E-state index contributed by atoms with van der Waals surface area (Å²) in [5, 5.41) is 7.42. The van der Waals surface area contributed by atoms with E-state index in [4.69, 9.17) is 10.5 Å². The summed E-state index contributed by atoms with van der Waals surface area (Å²) in [6.45, 7) is 1.97. The Balaban J connectivity index is 1.73. The summed E-state index contributed by atoms with van der Waals surface area (Å²) in [5.74, 6) is 1.38. The van der Waals surface area contributed by atoms with Crippen molar-refractivity contribution in [2.45, 2.75) is 25.2 Å². The van der Waals surface area contributed by atoms with E-state index in [2.05, 4.69) is 16.3 Å². The third-order valence-electron chi connectivity index (χ3n) is 4.66. The fourth-order valence-corrected chi connectivity index (χ4v) is 3.33. The highest BCUT2D eigenvalue weighted by Crippen LogP contribution is 2.34. The molecule has 1 aliphatic rings. The second kappa shape index (κ2) is 7.49. The average molecular weight is 328 g/mol. The van der Waals surface area contributed by atoms with Gasteiger partial charge >= 0.3 is 0 Å². The van der Waals surface area contributed by atoms with Gasteiger partial charge in [-0.15, -0.1) is 0 Å². The first kappa shape index (κ1) is 16.5. The van der Waals surface area contributed by atoms with Crippen molar-refractivity contribution >= 4 is 5.91 Å². The van der Waals surface area contributed by atoms with Crippen molar-refractivity contribution in [3.8, 4) is 16.9 Å². The number of piperidine rings is 1. The number of nitrogens with one attached hydrogen (secondary N) is 1. The van der Waals surface area contributed by atoms with Crippen molar-refractivity contribution in [1.82, 2.24) is 15.1 Å². The number of nitrogens with two attached hydrogens (primary N) is 1. The van der Waals surface area contributed by atoms with Crippen LogP contribution in [0.4, 0.5) is 0 Å². The van der Waals surface area contributed by atoms with Crippen LogP contribution in [0.5, 0.6) is 5.75 Å². The van der Waals surface area contributed by atoms with Crippen molar-refractivity contribution < 1.29 is 9.53 Å². The number of aromatic amines is 1. The summed E-state index contributed by atoms with van der Waals surface area (Å²) in [6, 6.07) is 8.01. The number of benzene rings is 1. The van der Waals surface area contributed by atoms with E-state index in [0.29, 0.717) is 18.9 Å². The van der Waals surface area contributed by atoms with E-state index in [1.165, 1.54) is 0 Å². The van der Waals surface area contributed by atoms with Crippen LogP contribution in [0.1, 0.15) is 30.9 Å². The number of hydrogen-bond donors (Lipinski definition) is 2. The molecule has 0 saturated carbocycles. The highest BCUT2D eigenvalue weighted by Gasteiger charge is 2.26. The molecule has 1 amide bonds. The molecule has 2 heterocycles. The third kappa shape index (κ3) is 3.43. The molecule has 1 fully saturated rings. The topological polar surface area (TPSA) is 84.2 Å². The molecule has 6 heteroatoms. The van der Waals surface area contributed by atoms with Gasteiger partial charge in [0.1, 0.15) is 5.75 Å². The van der Waals surface area contributed by atoms with Crippen LogP contribution in [0.25, 0.3) is 11.1 Å². The highest BCUT2D eigenvalue weighted by molar-refractivity contribution is 5.76. The summed E-state index contributed by atoms with van der Waals surface area (Å²) in [7, 11) is 1.67. The number of amides is 1. The zero-order valence-corrected chi connectivity index (χ0v) is 14.0. The molecular formula is C18H24N4O2. The smallest absolute Gasteiger partial charge is 0.223 e. The molecule has 0 bridgehead atoms. The predicted molar refractivity (Wildman–Crippen MR) is 92.8 cm³/mol. The number of methoxy groups -OCH3 is 1. The fraction of sp³-hybridized carbons (Fsp3) is 0.444. The number of carbonyl (C=O) groups excluding carboxylic acids is 1. The summed E-state index contributed by atoms with van der Waals surface area (Å²) in [4.78, 5) is 13.9. The average Bonchev–Trinajstić information content (AvgIpc) is 3.12. The largest absolute Gasteiger partial charge is 0.497 e. The number of H-pyrrole nitrogens is 1. The van der Waals surface area contributed by atoms with E-state index >= 15 is 0 Å². The molecule has 1 aromatic carbocycles. The Labute approximate surface area is 142 Å². The van der Waals surface area contributed by atoms with E-state index in [9.17, 15) is 4.79 Å². The lowest BCUT2D eigenvalue weighted by Gasteiger charge is -2.32. The van der Waals surface area contributed by atoms with Crippen LogP contribution < -0.4 is 10.5 Å². The second-order valence-electron chi connectivity index (χ2n) is 6.12. The number of carbonyl (C=O) groups is 1. The van der Waals surface area contributed by atoms with Crippen LogP contribution in [-0.2, 0) is 4.79 Å². The highest BCUT2D eigenvalue weighted by atomic mass is 16.5. The van der Waals surface area contributed by atoms with E-state index in [-0.39, 0.29) is 5.91 Å². The van der Waals surface area contributed by atoms with E-state index < -0.39 is 0 Å². The lowest BCUT2D eigenvalue weighted by atomic mass is 9.89. The maximum atomic E-state index is 12.0. The molecule has 2 aromatic rings. The summed E-state index contributed by atoms with van der Waals surface area (Å²) >= 11 is 0. The minimum absolute atomic E-state index is 0.161. The van der Waals surface area contributed by atoms with Crippen LogP contribution in [0, 0.1) is 0 Å². The van der Waals surface area contributed by atoms with Crippen LogP contribution in [0.2, 0.25) is 0 Å². The quantitative estimate of drug-likeness (QED) is 0.881. The maximum absolute atomic E-state index is 12.0. The van der Waals surface area contributed by atoms with E-state index in [0.717, 1.165) is 48.5 Å². The van der Waals surface area contributed by atoms with Gasteiger partial charge in [0.15, 0.2) is 0 Å². The second-order valence-corrected chi connectivity index (χ2v) is 6.12. The van der Waals surface area contributed by atoms with Gasteiger partial charge in [0, 0.05) is 43.2 Å². The molecule has 0 spiro atoms. The Morgan fingerprint density at radius 3 is 2.92 bits per heavy atom.